The van der Waals surface area contributed by atoms with Crippen LogP contribution in [0, 0.1) is 6.92 Å². The Morgan fingerprint density at radius 2 is 1.82 bits per heavy atom. The van der Waals surface area contributed by atoms with Crippen molar-refractivity contribution in [3.8, 4) is 5.75 Å². The molecule has 0 aliphatic rings. The molecule has 0 spiro atoms. The van der Waals surface area contributed by atoms with Gasteiger partial charge in [0, 0.05) is 10.6 Å². The summed E-state index contributed by atoms with van der Waals surface area (Å²) in [7, 11) is 0. The molecule has 1 rings (SSSR count). The minimum atomic E-state index is 0.252. The summed E-state index contributed by atoms with van der Waals surface area (Å²) in [5.74, 6) is 0.252. The molecule has 1 nitrogen and oxygen atoms in total. The SMILES string of the molecule is CC.Cc1c(O)cccc1Cl. The minimum Gasteiger partial charge on any atom is -0.508 e. The minimum absolute atomic E-state index is 0.252. The van der Waals surface area contributed by atoms with Gasteiger partial charge in [-0.1, -0.05) is 31.5 Å². The van der Waals surface area contributed by atoms with Crippen molar-refractivity contribution in [2.75, 3.05) is 0 Å². The normalized spacial score (nSPS) is 8.36. The van der Waals surface area contributed by atoms with Gasteiger partial charge in [-0.2, -0.15) is 0 Å². The zero-order valence-corrected chi connectivity index (χ0v) is 7.81. The Hall–Kier alpha value is -0.690. The summed E-state index contributed by atoms with van der Waals surface area (Å²) in [5.41, 5.74) is 0.735. The van der Waals surface area contributed by atoms with Gasteiger partial charge in [0.05, 0.1) is 0 Å². The molecule has 0 radical (unpaired) electrons. The van der Waals surface area contributed by atoms with E-state index >= 15 is 0 Å². The molecule has 0 aliphatic carbocycles. The molecule has 1 aromatic carbocycles. The van der Waals surface area contributed by atoms with E-state index in [1.54, 1.807) is 25.1 Å². The van der Waals surface area contributed by atoms with E-state index in [1.807, 2.05) is 13.8 Å². The van der Waals surface area contributed by atoms with E-state index in [9.17, 15) is 0 Å². The molecule has 62 valence electrons. The Morgan fingerprint density at radius 1 is 1.27 bits per heavy atom. The first kappa shape index (κ1) is 10.3. The molecule has 0 heterocycles. The molecule has 1 N–H and O–H groups in total. The van der Waals surface area contributed by atoms with Crippen LogP contribution < -0.4 is 0 Å². The van der Waals surface area contributed by atoms with E-state index in [1.165, 1.54) is 0 Å². The average molecular weight is 173 g/mol. The highest BCUT2D eigenvalue weighted by Gasteiger charge is 1.96. The molecule has 0 fully saturated rings. The van der Waals surface area contributed by atoms with Crippen LogP contribution in [-0.4, -0.2) is 5.11 Å². The smallest absolute Gasteiger partial charge is 0.119 e. The molecule has 1 aromatic rings. The van der Waals surface area contributed by atoms with Crippen LogP contribution in [0.2, 0.25) is 5.02 Å². The van der Waals surface area contributed by atoms with Gasteiger partial charge in [0.2, 0.25) is 0 Å². The molecular weight excluding hydrogens is 160 g/mol. The van der Waals surface area contributed by atoms with Crippen molar-refractivity contribution >= 4 is 11.6 Å². The Kier molecular flexibility index (Phi) is 4.71. The second kappa shape index (κ2) is 5.03. The van der Waals surface area contributed by atoms with Gasteiger partial charge in [0.25, 0.3) is 0 Å². The van der Waals surface area contributed by atoms with Crippen LogP contribution in [0.3, 0.4) is 0 Å². The second-order valence-corrected chi connectivity index (χ2v) is 2.29. The first-order valence-electron chi connectivity index (χ1n) is 3.66. The Bertz CT molecular complexity index is 201. The predicted octanol–water partition coefficient (Wildman–Crippen LogP) is 3.38. The van der Waals surface area contributed by atoms with Gasteiger partial charge in [-0.25, -0.2) is 0 Å². The van der Waals surface area contributed by atoms with Crippen LogP contribution >= 0.6 is 11.6 Å². The lowest BCUT2D eigenvalue weighted by Crippen LogP contribution is -1.73. The highest BCUT2D eigenvalue weighted by molar-refractivity contribution is 6.31. The van der Waals surface area contributed by atoms with Gasteiger partial charge in [-0.05, 0) is 19.1 Å². The van der Waals surface area contributed by atoms with Crippen molar-refractivity contribution in [3.05, 3.63) is 28.8 Å². The summed E-state index contributed by atoms with van der Waals surface area (Å²) in [6.07, 6.45) is 0. The largest absolute Gasteiger partial charge is 0.508 e. The summed E-state index contributed by atoms with van der Waals surface area (Å²) in [5, 5.41) is 9.62. The van der Waals surface area contributed by atoms with Gasteiger partial charge in [0.1, 0.15) is 5.75 Å². The summed E-state index contributed by atoms with van der Waals surface area (Å²) in [4.78, 5) is 0. The van der Waals surface area contributed by atoms with Gasteiger partial charge in [0.15, 0.2) is 0 Å². The number of phenols is 1. The monoisotopic (exact) mass is 172 g/mol. The molecule has 2 heteroatoms. The zero-order valence-electron chi connectivity index (χ0n) is 7.06. The fraction of sp³-hybridized carbons (Fsp3) is 0.333. The molecule has 0 aromatic heterocycles. The third kappa shape index (κ3) is 2.81. The van der Waals surface area contributed by atoms with Crippen molar-refractivity contribution in [2.24, 2.45) is 0 Å². The van der Waals surface area contributed by atoms with Crippen molar-refractivity contribution in [1.29, 1.82) is 0 Å². The van der Waals surface area contributed by atoms with E-state index < -0.39 is 0 Å². The number of rotatable bonds is 0. The van der Waals surface area contributed by atoms with E-state index in [0.717, 1.165) is 5.56 Å². The molecule has 0 aliphatic heterocycles. The first-order chi connectivity index (χ1) is 5.22. The standard InChI is InChI=1S/C7H7ClO.C2H6/c1-5-6(8)3-2-4-7(5)9;1-2/h2-4,9H,1H3;1-2H3. The van der Waals surface area contributed by atoms with Crippen molar-refractivity contribution in [3.63, 3.8) is 0 Å². The van der Waals surface area contributed by atoms with Crippen molar-refractivity contribution in [2.45, 2.75) is 20.8 Å². The zero-order chi connectivity index (χ0) is 8.85. The van der Waals surface area contributed by atoms with Gasteiger partial charge in [-0.15, -0.1) is 0 Å². The lowest BCUT2D eigenvalue weighted by atomic mass is 10.2. The lowest BCUT2D eigenvalue weighted by Gasteiger charge is -1.97. The fourth-order valence-electron chi connectivity index (χ4n) is 0.596. The first-order valence-corrected chi connectivity index (χ1v) is 4.03. The molecule has 0 saturated carbocycles. The molecule has 0 amide bonds. The second-order valence-electron chi connectivity index (χ2n) is 1.88. The number of hydrogen-bond acceptors (Lipinski definition) is 1. The van der Waals surface area contributed by atoms with E-state index in [4.69, 9.17) is 16.7 Å². The third-order valence-electron chi connectivity index (χ3n) is 1.24. The van der Waals surface area contributed by atoms with E-state index in [0.29, 0.717) is 5.02 Å². The summed E-state index contributed by atoms with van der Waals surface area (Å²) in [6, 6.07) is 5.07. The summed E-state index contributed by atoms with van der Waals surface area (Å²) < 4.78 is 0. The van der Waals surface area contributed by atoms with E-state index in [-0.39, 0.29) is 5.75 Å². The van der Waals surface area contributed by atoms with Gasteiger partial charge >= 0.3 is 0 Å². The van der Waals surface area contributed by atoms with Crippen LogP contribution in [0.4, 0.5) is 0 Å². The highest BCUT2D eigenvalue weighted by atomic mass is 35.5. The topological polar surface area (TPSA) is 20.2 Å². The quantitative estimate of drug-likeness (QED) is 0.636. The third-order valence-corrected chi connectivity index (χ3v) is 1.65. The van der Waals surface area contributed by atoms with Gasteiger partial charge < -0.3 is 5.11 Å². The summed E-state index contributed by atoms with van der Waals surface area (Å²) in [6.45, 7) is 5.78. The maximum absolute atomic E-state index is 9.02. The maximum atomic E-state index is 9.02. The lowest BCUT2D eigenvalue weighted by molar-refractivity contribution is 0.471. The van der Waals surface area contributed by atoms with E-state index in [2.05, 4.69) is 0 Å². The molecule has 0 atom stereocenters. The van der Waals surface area contributed by atoms with Crippen LogP contribution in [0.15, 0.2) is 18.2 Å². The number of benzene rings is 1. The van der Waals surface area contributed by atoms with Crippen molar-refractivity contribution < 1.29 is 5.11 Å². The van der Waals surface area contributed by atoms with Crippen LogP contribution in [-0.2, 0) is 0 Å². The fourth-order valence-corrected chi connectivity index (χ4v) is 0.766. The predicted molar refractivity (Wildman–Crippen MR) is 49.2 cm³/mol. The molecule has 11 heavy (non-hydrogen) atoms. The molecule has 0 unspecified atom stereocenters. The Morgan fingerprint density at radius 3 is 2.18 bits per heavy atom. The number of halogens is 1. The van der Waals surface area contributed by atoms with Crippen LogP contribution in [0.1, 0.15) is 19.4 Å². The molecule has 0 bridgehead atoms. The maximum Gasteiger partial charge on any atom is 0.119 e. The average Bonchev–Trinajstić information content (AvgIpc) is 2.04. The van der Waals surface area contributed by atoms with Gasteiger partial charge in [-0.3, -0.25) is 0 Å². The highest BCUT2D eigenvalue weighted by Crippen LogP contribution is 2.22. The number of hydrogen-bond donors (Lipinski definition) is 1. The Labute approximate surface area is 72.6 Å². The molecule has 0 saturated heterocycles. The number of phenolic OH excluding ortho intramolecular Hbond substituents is 1. The van der Waals surface area contributed by atoms with Crippen LogP contribution in [0.25, 0.3) is 0 Å². The van der Waals surface area contributed by atoms with Crippen molar-refractivity contribution in [1.82, 2.24) is 0 Å². The Balaban J connectivity index is 0.000000461. The summed E-state index contributed by atoms with van der Waals surface area (Å²) >= 11 is 5.65. The van der Waals surface area contributed by atoms with Crippen LogP contribution in [0.5, 0.6) is 5.75 Å². The number of aromatic hydroxyl groups is 1. The molecular formula is C9H13ClO.